The molecule has 0 aliphatic carbocycles. The molecule has 0 radical (unpaired) electrons. The second-order valence-corrected chi connectivity index (χ2v) is 5.22. The standard InChI is InChI=1S/C12H19N5O2/c1-5-8-10(18)17(12(2,3)11(19)15-8)6-9-13-7-14-16(9)4/h7-8H,5-6H2,1-4H3,(H,15,19). The SMILES string of the molecule is CCC1NC(=O)C(C)(C)N(Cc2ncnn2C)C1=O. The van der Waals surface area contributed by atoms with Gasteiger partial charge in [0.2, 0.25) is 11.8 Å². The van der Waals surface area contributed by atoms with Gasteiger partial charge in [-0.05, 0) is 20.3 Å². The quantitative estimate of drug-likeness (QED) is 0.823. The molecule has 1 N–H and O–H groups in total. The maximum atomic E-state index is 12.4. The molecule has 2 amide bonds. The van der Waals surface area contributed by atoms with Gasteiger partial charge in [0, 0.05) is 7.05 Å². The highest BCUT2D eigenvalue weighted by Crippen LogP contribution is 2.23. The zero-order chi connectivity index (χ0) is 14.2. The van der Waals surface area contributed by atoms with Gasteiger partial charge in [-0.1, -0.05) is 6.92 Å². The molecule has 1 saturated heterocycles. The van der Waals surface area contributed by atoms with E-state index in [4.69, 9.17) is 0 Å². The average Bonchev–Trinajstić information content (AvgIpc) is 2.75. The van der Waals surface area contributed by atoms with Crippen LogP contribution in [0.2, 0.25) is 0 Å². The molecule has 1 atom stereocenters. The fraction of sp³-hybridized carbons (Fsp3) is 0.667. The largest absolute Gasteiger partial charge is 0.342 e. The van der Waals surface area contributed by atoms with Crippen molar-refractivity contribution in [2.24, 2.45) is 7.05 Å². The molecule has 2 rings (SSSR count). The molecule has 0 spiro atoms. The Kier molecular flexibility index (Phi) is 3.30. The van der Waals surface area contributed by atoms with E-state index in [-0.39, 0.29) is 18.4 Å². The molecule has 0 saturated carbocycles. The third-order valence-corrected chi connectivity index (χ3v) is 3.61. The van der Waals surface area contributed by atoms with Crippen LogP contribution < -0.4 is 5.32 Å². The molecule has 1 unspecified atom stereocenters. The van der Waals surface area contributed by atoms with E-state index in [1.54, 1.807) is 30.5 Å². The smallest absolute Gasteiger partial charge is 0.246 e. The Morgan fingerprint density at radius 1 is 1.42 bits per heavy atom. The second-order valence-electron chi connectivity index (χ2n) is 5.22. The van der Waals surface area contributed by atoms with Crippen LogP contribution in [0.4, 0.5) is 0 Å². The van der Waals surface area contributed by atoms with Crippen LogP contribution in [-0.4, -0.2) is 43.1 Å². The Morgan fingerprint density at radius 3 is 2.63 bits per heavy atom. The predicted octanol–water partition coefficient (Wildman–Crippen LogP) is -0.169. The number of hydrogen-bond acceptors (Lipinski definition) is 4. The van der Waals surface area contributed by atoms with Crippen molar-refractivity contribution in [2.45, 2.75) is 45.3 Å². The molecule has 1 aromatic heterocycles. The van der Waals surface area contributed by atoms with Crippen molar-refractivity contribution in [3.8, 4) is 0 Å². The van der Waals surface area contributed by atoms with Gasteiger partial charge in [0.25, 0.3) is 0 Å². The number of rotatable bonds is 3. The van der Waals surface area contributed by atoms with Gasteiger partial charge in [0.05, 0.1) is 6.54 Å². The maximum Gasteiger partial charge on any atom is 0.246 e. The Hall–Kier alpha value is -1.92. The highest BCUT2D eigenvalue weighted by molar-refractivity contribution is 5.99. The highest BCUT2D eigenvalue weighted by atomic mass is 16.2. The number of hydrogen-bond donors (Lipinski definition) is 1. The molecule has 1 aromatic rings. The van der Waals surface area contributed by atoms with Crippen LogP contribution in [0.1, 0.15) is 33.0 Å². The van der Waals surface area contributed by atoms with Gasteiger partial charge in [0.1, 0.15) is 23.7 Å². The van der Waals surface area contributed by atoms with Crippen molar-refractivity contribution >= 4 is 11.8 Å². The first kappa shape index (κ1) is 13.5. The van der Waals surface area contributed by atoms with Crippen molar-refractivity contribution in [2.75, 3.05) is 0 Å². The van der Waals surface area contributed by atoms with Crippen LogP contribution in [0.15, 0.2) is 6.33 Å². The first-order chi connectivity index (χ1) is 8.87. The lowest BCUT2D eigenvalue weighted by molar-refractivity contribution is -0.156. The monoisotopic (exact) mass is 265 g/mol. The van der Waals surface area contributed by atoms with E-state index in [0.717, 1.165) is 0 Å². The molecule has 0 bridgehead atoms. The van der Waals surface area contributed by atoms with Crippen LogP contribution in [0.3, 0.4) is 0 Å². The highest BCUT2D eigenvalue weighted by Gasteiger charge is 2.45. The molecule has 1 aliphatic rings. The molecule has 1 aliphatic heterocycles. The van der Waals surface area contributed by atoms with Gasteiger partial charge < -0.3 is 10.2 Å². The second kappa shape index (κ2) is 4.64. The number of aromatic nitrogens is 3. The number of piperazine rings is 1. The number of carbonyl (C=O) groups is 2. The van der Waals surface area contributed by atoms with Gasteiger partial charge in [-0.15, -0.1) is 0 Å². The molecule has 2 heterocycles. The minimum atomic E-state index is -0.880. The molecular formula is C12H19N5O2. The Labute approximate surface area is 112 Å². The summed E-state index contributed by atoms with van der Waals surface area (Å²) in [7, 11) is 1.77. The van der Waals surface area contributed by atoms with Crippen molar-refractivity contribution in [3.05, 3.63) is 12.2 Å². The lowest BCUT2D eigenvalue weighted by Crippen LogP contribution is -2.67. The van der Waals surface area contributed by atoms with E-state index in [1.807, 2.05) is 6.92 Å². The fourth-order valence-electron chi connectivity index (χ4n) is 2.14. The number of nitrogens with one attached hydrogen (secondary N) is 1. The third kappa shape index (κ3) is 2.20. The van der Waals surface area contributed by atoms with E-state index in [9.17, 15) is 9.59 Å². The van der Waals surface area contributed by atoms with E-state index in [2.05, 4.69) is 15.4 Å². The van der Waals surface area contributed by atoms with Gasteiger partial charge in [-0.25, -0.2) is 4.98 Å². The summed E-state index contributed by atoms with van der Waals surface area (Å²) in [5.74, 6) is 0.446. The number of aryl methyl sites for hydroxylation is 1. The van der Waals surface area contributed by atoms with Crippen LogP contribution in [0, 0.1) is 0 Å². The van der Waals surface area contributed by atoms with E-state index in [1.165, 1.54) is 6.33 Å². The zero-order valence-corrected chi connectivity index (χ0v) is 11.7. The fourth-order valence-corrected chi connectivity index (χ4v) is 2.14. The van der Waals surface area contributed by atoms with E-state index < -0.39 is 11.6 Å². The summed E-state index contributed by atoms with van der Waals surface area (Å²) < 4.78 is 1.61. The Morgan fingerprint density at radius 2 is 2.11 bits per heavy atom. The van der Waals surface area contributed by atoms with Gasteiger partial charge >= 0.3 is 0 Å². The summed E-state index contributed by atoms with van der Waals surface area (Å²) in [6, 6.07) is -0.450. The number of carbonyl (C=O) groups excluding carboxylic acids is 2. The van der Waals surface area contributed by atoms with Crippen LogP contribution in [0.25, 0.3) is 0 Å². The van der Waals surface area contributed by atoms with Crippen LogP contribution in [0.5, 0.6) is 0 Å². The summed E-state index contributed by atoms with van der Waals surface area (Å²) in [5, 5.41) is 6.74. The maximum absolute atomic E-state index is 12.4. The molecule has 1 fully saturated rings. The van der Waals surface area contributed by atoms with E-state index >= 15 is 0 Å². The summed E-state index contributed by atoms with van der Waals surface area (Å²) in [5.41, 5.74) is -0.880. The molecule has 0 aromatic carbocycles. The number of amides is 2. The van der Waals surface area contributed by atoms with Gasteiger partial charge in [-0.3, -0.25) is 14.3 Å². The van der Waals surface area contributed by atoms with Crippen molar-refractivity contribution in [1.29, 1.82) is 0 Å². The Bertz CT molecular complexity index is 508. The molecular weight excluding hydrogens is 246 g/mol. The van der Waals surface area contributed by atoms with Gasteiger partial charge in [0.15, 0.2) is 0 Å². The molecule has 104 valence electrons. The first-order valence-corrected chi connectivity index (χ1v) is 6.33. The van der Waals surface area contributed by atoms with Crippen molar-refractivity contribution < 1.29 is 9.59 Å². The third-order valence-electron chi connectivity index (χ3n) is 3.61. The zero-order valence-electron chi connectivity index (χ0n) is 11.7. The topological polar surface area (TPSA) is 80.1 Å². The minimum absolute atomic E-state index is 0.0740. The predicted molar refractivity (Wildman–Crippen MR) is 67.9 cm³/mol. The van der Waals surface area contributed by atoms with Crippen LogP contribution >= 0.6 is 0 Å². The number of nitrogens with zero attached hydrogens (tertiary/aromatic N) is 4. The van der Waals surface area contributed by atoms with Gasteiger partial charge in [-0.2, -0.15) is 5.10 Å². The average molecular weight is 265 g/mol. The molecule has 7 nitrogen and oxygen atoms in total. The summed E-state index contributed by atoms with van der Waals surface area (Å²) in [6.45, 7) is 5.64. The summed E-state index contributed by atoms with van der Waals surface area (Å²) >= 11 is 0. The molecule has 7 heteroatoms. The normalized spacial score (nSPS) is 22.5. The van der Waals surface area contributed by atoms with Crippen molar-refractivity contribution in [3.63, 3.8) is 0 Å². The first-order valence-electron chi connectivity index (χ1n) is 6.33. The lowest BCUT2D eigenvalue weighted by atomic mass is 9.95. The van der Waals surface area contributed by atoms with E-state index in [0.29, 0.717) is 12.2 Å². The lowest BCUT2D eigenvalue weighted by Gasteiger charge is -2.43. The minimum Gasteiger partial charge on any atom is -0.342 e. The Balaban J connectivity index is 2.31. The molecule has 19 heavy (non-hydrogen) atoms. The summed E-state index contributed by atoms with van der Waals surface area (Å²) in [6.07, 6.45) is 2.02. The van der Waals surface area contributed by atoms with Crippen LogP contribution in [-0.2, 0) is 23.2 Å². The van der Waals surface area contributed by atoms with Crippen molar-refractivity contribution in [1.82, 2.24) is 25.0 Å². The summed E-state index contributed by atoms with van der Waals surface area (Å²) in [4.78, 5) is 30.2.